The Morgan fingerprint density at radius 1 is 1.19 bits per heavy atom. The molecule has 2 rings (SSSR count). The maximum absolute atomic E-state index is 5.59. The third-order valence-corrected chi connectivity index (χ3v) is 3.51. The van der Waals surface area contributed by atoms with Crippen LogP contribution in [-0.2, 0) is 11.3 Å². The van der Waals surface area contributed by atoms with E-state index in [4.69, 9.17) is 14.2 Å². The van der Waals surface area contributed by atoms with Crippen molar-refractivity contribution in [3.05, 3.63) is 23.8 Å². The number of rotatable bonds is 9. The first-order valence-electron chi connectivity index (χ1n) is 7.56. The molecule has 0 aliphatic carbocycles. The van der Waals surface area contributed by atoms with E-state index in [-0.39, 0.29) is 0 Å². The van der Waals surface area contributed by atoms with E-state index in [1.807, 2.05) is 6.07 Å². The van der Waals surface area contributed by atoms with Gasteiger partial charge in [0.2, 0.25) is 0 Å². The van der Waals surface area contributed by atoms with Crippen LogP contribution in [0.2, 0.25) is 0 Å². The Morgan fingerprint density at radius 2 is 2.00 bits per heavy atom. The van der Waals surface area contributed by atoms with E-state index in [2.05, 4.69) is 29.4 Å². The number of likely N-dealkylation sites (N-methyl/N-ethyl adjacent to an activating group) is 1. The van der Waals surface area contributed by atoms with E-state index in [1.165, 1.54) is 5.56 Å². The SMILES string of the molecule is COCCN(C)CCCNCc1ccc2c(c1)OCCO2. The van der Waals surface area contributed by atoms with Crippen molar-refractivity contribution in [3.63, 3.8) is 0 Å². The average molecular weight is 294 g/mol. The van der Waals surface area contributed by atoms with Gasteiger partial charge in [-0.1, -0.05) is 6.07 Å². The summed E-state index contributed by atoms with van der Waals surface area (Å²) in [4.78, 5) is 2.29. The molecule has 5 nitrogen and oxygen atoms in total. The van der Waals surface area contributed by atoms with Crippen molar-refractivity contribution < 1.29 is 14.2 Å². The summed E-state index contributed by atoms with van der Waals surface area (Å²) < 4.78 is 16.2. The zero-order valence-corrected chi connectivity index (χ0v) is 13.1. The third kappa shape index (κ3) is 5.53. The quantitative estimate of drug-likeness (QED) is 0.700. The number of hydrogen-bond donors (Lipinski definition) is 1. The van der Waals surface area contributed by atoms with Crippen LogP contribution in [-0.4, -0.2) is 58.5 Å². The number of fused-ring (bicyclic) bond motifs is 1. The lowest BCUT2D eigenvalue weighted by atomic mass is 10.2. The van der Waals surface area contributed by atoms with E-state index in [0.29, 0.717) is 13.2 Å². The maximum Gasteiger partial charge on any atom is 0.161 e. The molecule has 0 spiro atoms. The van der Waals surface area contributed by atoms with Gasteiger partial charge >= 0.3 is 0 Å². The largest absolute Gasteiger partial charge is 0.486 e. The topological polar surface area (TPSA) is 43.0 Å². The zero-order valence-electron chi connectivity index (χ0n) is 13.1. The molecule has 0 unspecified atom stereocenters. The predicted octanol–water partition coefficient (Wildman–Crippen LogP) is 1.52. The van der Waals surface area contributed by atoms with Gasteiger partial charge in [-0.25, -0.2) is 0 Å². The summed E-state index contributed by atoms with van der Waals surface area (Å²) in [6.45, 7) is 6.00. The summed E-state index contributed by atoms with van der Waals surface area (Å²) in [6, 6.07) is 6.14. The van der Waals surface area contributed by atoms with Crippen molar-refractivity contribution in [2.24, 2.45) is 0 Å². The van der Waals surface area contributed by atoms with Crippen molar-refractivity contribution in [2.75, 3.05) is 53.6 Å². The second kappa shape index (κ2) is 8.87. The van der Waals surface area contributed by atoms with Crippen LogP contribution in [0.4, 0.5) is 0 Å². The van der Waals surface area contributed by atoms with Gasteiger partial charge in [-0.15, -0.1) is 0 Å². The van der Waals surface area contributed by atoms with Crippen LogP contribution in [0.15, 0.2) is 18.2 Å². The van der Waals surface area contributed by atoms with Crippen LogP contribution in [0.1, 0.15) is 12.0 Å². The molecule has 1 N–H and O–H groups in total. The lowest BCUT2D eigenvalue weighted by molar-refractivity contribution is 0.160. The molecule has 0 amide bonds. The van der Waals surface area contributed by atoms with E-state index in [0.717, 1.165) is 50.7 Å². The molecule has 1 aliphatic heterocycles. The second-order valence-corrected chi connectivity index (χ2v) is 5.30. The Morgan fingerprint density at radius 3 is 2.81 bits per heavy atom. The molecule has 0 saturated carbocycles. The molecule has 1 aromatic rings. The minimum absolute atomic E-state index is 0.637. The van der Waals surface area contributed by atoms with Crippen LogP contribution in [0.25, 0.3) is 0 Å². The van der Waals surface area contributed by atoms with Crippen LogP contribution in [0.3, 0.4) is 0 Å². The van der Waals surface area contributed by atoms with Gasteiger partial charge in [-0.3, -0.25) is 0 Å². The summed E-state index contributed by atoms with van der Waals surface area (Å²) >= 11 is 0. The fraction of sp³-hybridized carbons (Fsp3) is 0.625. The molecule has 0 radical (unpaired) electrons. The summed E-state index contributed by atoms with van der Waals surface area (Å²) in [5.74, 6) is 1.71. The molecule has 0 saturated heterocycles. The second-order valence-electron chi connectivity index (χ2n) is 5.30. The number of methoxy groups -OCH3 is 1. The summed E-state index contributed by atoms with van der Waals surface area (Å²) in [5, 5.41) is 3.47. The standard InChI is InChI=1S/C16H26N2O3/c1-18(8-9-19-2)7-3-6-17-13-14-4-5-15-16(12-14)21-11-10-20-15/h4-5,12,17H,3,6-11,13H2,1-2H3. The van der Waals surface area contributed by atoms with E-state index in [9.17, 15) is 0 Å². The summed E-state index contributed by atoms with van der Waals surface area (Å²) in [5.41, 5.74) is 1.23. The molecule has 1 aromatic carbocycles. The molecule has 0 aromatic heterocycles. The molecule has 5 heteroatoms. The highest BCUT2D eigenvalue weighted by Crippen LogP contribution is 2.30. The van der Waals surface area contributed by atoms with Crippen molar-refractivity contribution in [1.82, 2.24) is 10.2 Å². The minimum Gasteiger partial charge on any atom is -0.486 e. The number of ether oxygens (including phenoxy) is 3. The van der Waals surface area contributed by atoms with Crippen molar-refractivity contribution in [3.8, 4) is 11.5 Å². The molecule has 1 aliphatic rings. The van der Waals surface area contributed by atoms with Crippen molar-refractivity contribution in [2.45, 2.75) is 13.0 Å². The Kier molecular flexibility index (Phi) is 6.79. The first-order chi connectivity index (χ1) is 10.3. The van der Waals surface area contributed by atoms with Gasteiger partial charge in [0.15, 0.2) is 11.5 Å². The van der Waals surface area contributed by atoms with Crippen LogP contribution in [0.5, 0.6) is 11.5 Å². The maximum atomic E-state index is 5.59. The number of nitrogens with zero attached hydrogens (tertiary/aromatic N) is 1. The van der Waals surface area contributed by atoms with E-state index >= 15 is 0 Å². The Balaban J connectivity index is 1.62. The van der Waals surface area contributed by atoms with Crippen molar-refractivity contribution >= 4 is 0 Å². The molecular formula is C16H26N2O3. The predicted molar refractivity (Wildman–Crippen MR) is 83.1 cm³/mol. The highest BCUT2D eigenvalue weighted by Gasteiger charge is 2.11. The average Bonchev–Trinajstić information content (AvgIpc) is 2.52. The van der Waals surface area contributed by atoms with Gasteiger partial charge in [-0.2, -0.15) is 0 Å². The van der Waals surface area contributed by atoms with Gasteiger partial charge in [0, 0.05) is 20.2 Å². The fourth-order valence-electron chi connectivity index (χ4n) is 2.26. The molecule has 118 valence electrons. The third-order valence-electron chi connectivity index (χ3n) is 3.51. The van der Waals surface area contributed by atoms with E-state index < -0.39 is 0 Å². The zero-order chi connectivity index (χ0) is 14.9. The van der Waals surface area contributed by atoms with Crippen LogP contribution < -0.4 is 14.8 Å². The first-order valence-corrected chi connectivity index (χ1v) is 7.56. The Hall–Kier alpha value is -1.30. The van der Waals surface area contributed by atoms with Crippen LogP contribution in [0, 0.1) is 0 Å². The smallest absolute Gasteiger partial charge is 0.161 e. The monoisotopic (exact) mass is 294 g/mol. The lowest BCUT2D eigenvalue weighted by Gasteiger charge is -2.19. The molecule has 21 heavy (non-hydrogen) atoms. The van der Waals surface area contributed by atoms with Crippen LogP contribution >= 0.6 is 0 Å². The van der Waals surface area contributed by atoms with Gasteiger partial charge < -0.3 is 24.4 Å². The highest BCUT2D eigenvalue weighted by molar-refractivity contribution is 5.43. The summed E-state index contributed by atoms with van der Waals surface area (Å²) in [7, 11) is 3.86. The number of hydrogen-bond acceptors (Lipinski definition) is 5. The number of benzene rings is 1. The minimum atomic E-state index is 0.637. The van der Waals surface area contributed by atoms with Crippen molar-refractivity contribution in [1.29, 1.82) is 0 Å². The summed E-state index contributed by atoms with van der Waals surface area (Å²) in [6.07, 6.45) is 1.13. The molecule has 0 fully saturated rings. The number of nitrogens with one attached hydrogen (secondary N) is 1. The van der Waals surface area contributed by atoms with Gasteiger partial charge in [0.25, 0.3) is 0 Å². The van der Waals surface area contributed by atoms with Gasteiger partial charge in [0.05, 0.1) is 6.61 Å². The fourth-order valence-corrected chi connectivity index (χ4v) is 2.26. The Bertz CT molecular complexity index is 426. The highest BCUT2D eigenvalue weighted by atomic mass is 16.6. The van der Waals surface area contributed by atoms with Gasteiger partial charge in [-0.05, 0) is 44.3 Å². The molecule has 0 bridgehead atoms. The molecule has 1 heterocycles. The first kappa shape index (κ1) is 16.1. The van der Waals surface area contributed by atoms with E-state index in [1.54, 1.807) is 7.11 Å². The normalized spacial score (nSPS) is 13.7. The molecular weight excluding hydrogens is 268 g/mol. The Labute approximate surface area is 127 Å². The lowest BCUT2D eigenvalue weighted by Crippen LogP contribution is -2.26. The molecule has 0 atom stereocenters. The van der Waals surface area contributed by atoms with Gasteiger partial charge in [0.1, 0.15) is 13.2 Å².